The van der Waals surface area contributed by atoms with Gasteiger partial charge in [-0.1, -0.05) is 25.1 Å². The molecule has 3 rings (SSSR count). The van der Waals surface area contributed by atoms with Crippen LogP contribution < -0.4 is 15.0 Å². The van der Waals surface area contributed by atoms with Gasteiger partial charge in [0.15, 0.2) is 0 Å². The Balaban J connectivity index is 1.56. The molecule has 1 atom stereocenters. The molecule has 0 radical (unpaired) electrons. The number of rotatable bonds is 7. The Bertz CT molecular complexity index is 748. The molecule has 6 heteroatoms. The van der Waals surface area contributed by atoms with Crippen molar-refractivity contribution in [1.29, 1.82) is 0 Å². The molecule has 1 fully saturated rings. The second-order valence-electron chi connectivity index (χ2n) is 6.84. The highest BCUT2D eigenvalue weighted by Crippen LogP contribution is 2.23. The fourth-order valence-corrected chi connectivity index (χ4v) is 3.60. The second-order valence-corrected chi connectivity index (χ2v) is 6.84. The number of hydrogen-bond acceptors (Lipinski definition) is 5. The van der Waals surface area contributed by atoms with Crippen LogP contribution in [-0.2, 0) is 6.42 Å². The first-order valence-corrected chi connectivity index (χ1v) is 9.71. The summed E-state index contributed by atoms with van der Waals surface area (Å²) in [6.07, 6.45) is 8.68. The highest BCUT2D eigenvalue weighted by molar-refractivity contribution is 5.93. The summed E-state index contributed by atoms with van der Waals surface area (Å²) in [5.74, 6) is 1.42. The quantitative estimate of drug-likeness (QED) is 0.813. The Hall–Kier alpha value is -2.63. The monoisotopic (exact) mass is 368 g/mol. The number of nitrogens with zero attached hydrogens (tertiary/aromatic N) is 3. The zero-order valence-corrected chi connectivity index (χ0v) is 16.1. The summed E-state index contributed by atoms with van der Waals surface area (Å²) in [5, 5.41) is 2.93. The molecule has 27 heavy (non-hydrogen) atoms. The van der Waals surface area contributed by atoms with E-state index in [1.807, 2.05) is 24.3 Å². The van der Waals surface area contributed by atoms with E-state index in [0.717, 1.165) is 30.2 Å². The molecule has 1 saturated heterocycles. The second kappa shape index (κ2) is 9.35. The molecule has 6 nitrogen and oxygen atoms in total. The maximum atomic E-state index is 12.4. The molecule has 0 bridgehead atoms. The predicted octanol–water partition coefficient (Wildman–Crippen LogP) is 3.23. The van der Waals surface area contributed by atoms with Crippen LogP contribution in [0.1, 0.15) is 48.5 Å². The van der Waals surface area contributed by atoms with Crippen molar-refractivity contribution in [3.05, 3.63) is 47.8 Å². The van der Waals surface area contributed by atoms with Crippen LogP contribution in [-0.4, -0.2) is 42.1 Å². The smallest absolute Gasteiger partial charge is 0.254 e. The molecule has 144 valence electrons. The SMILES string of the molecule is CCC1CCCCN1c1ncc(C(=O)NCCc2ccccc2OC)cn1. The van der Waals surface area contributed by atoms with Crippen molar-refractivity contribution in [3.8, 4) is 5.75 Å². The number of nitrogens with one attached hydrogen (secondary N) is 1. The van der Waals surface area contributed by atoms with Crippen molar-refractivity contribution in [2.75, 3.05) is 25.1 Å². The summed E-state index contributed by atoms with van der Waals surface area (Å²) in [7, 11) is 1.65. The average molecular weight is 368 g/mol. The van der Waals surface area contributed by atoms with Crippen LogP contribution in [0.3, 0.4) is 0 Å². The topological polar surface area (TPSA) is 67.4 Å². The van der Waals surface area contributed by atoms with E-state index in [9.17, 15) is 4.79 Å². The Morgan fingerprint density at radius 3 is 2.78 bits per heavy atom. The van der Waals surface area contributed by atoms with E-state index >= 15 is 0 Å². The molecular formula is C21H28N4O2. The Morgan fingerprint density at radius 2 is 2.04 bits per heavy atom. The molecule has 2 aromatic rings. The van der Waals surface area contributed by atoms with Crippen LogP contribution in [0.5, 0.6) is 5.75 Å². The Morgan fingerprint density at radius 1 is 1.26 bits per heavy atom. The zero-order valence-electron chi connectivity index (χ0n) is 16.1. The molecule has 1 amide bonds. The van der Waals surface area contributed by atoms with Crippen molar-refractivity contribution in [2.24, 2.45) is 0 Å². The predicted molar refractivity (Wildman–Crippen MR) is 106 cm³/mol. The fourth-order valence-electron chi connectivity index (χ4n) is 3.60. The average Bonchev–Trinajstić information content (AvgIpc) is 2.74. The lowest BCUT2D eigenvalue weighted by Crippen LogP contribution is -2.40. The maximum Gasteiger partial charge on any atom is 0.254 e. The third-order valence-electron chi connectivity index (χ3n) is 5.13. The van der Waals surface area contributed by atoms with E-state index in [0.29, 0.717) is 24.6 Å². The highest BCUT2D eigenvalue weighted by atomic mass is 16.5. The van der Waals surface area contributed by atoms with Crippen LogP contribution in [0.4, 0.5) is 5.95 Å². The highest BCUT2D eigenvalue weighted by Gasteiger charge is 2.23. The molecule has 1 N–H and O–H groups in total. The molecule has 1 aliphatic rings. The molecule has 1 unspecified atom stereocenters. The molecule has 2 heterocycles. The number of para-hydroxylation sites is 1. The summed E-state index contributed by atoms with van der Waals surface area (Å²) >= 11 is 0. The van der Waals surface area contributed by atoms with Gasteiger partial charge in [0.25, 0.3) is 5.91 Å². The van der Waals surface area contributed by atoms with E-state index in [4.69, 9.17) is 4.74 Å². The normalized spacial score (nSPS) is 16.8. The van der Waals surface area contributed by atoms with Crippen LogP contribution in [0.2, 0.25) is 0 Å². The molecule has 0 saturated carbocycles. The van der Waals surface area contributed by atoms with Gasteiger partial charge in [-0.15, -0.1) is 0 Å². The van der Waals surface area contributed by atoms with Gasteiger partial charge in [0.1, 0.15) is 5.75 Å². The van der Waals surface area contributed by atoms with Crippen molar-refractivity contribution in [2.45, 2.75) is 45.1 Å². The third kappa shape index (κ3) is 4.76. The molecule has 1 aromatic carbocycles. The van der Waals surface area contributed by atoms with Gasteiger partial charge in [-0.05, 0) is 43.7 Å². The van der Waals surface area contributed by atoms with Gasteiger partial charge in [0, 0.05) is 31.5 Å². The van der Waals surface area contributed by atoms with Gasteiger partial charge in [-0.2, -0.15) is 0 Å². The number of amides is 1. The maximum absolute atomic E-state index is 12.4. The molecular weight excluding hydrogens is 340 g/mol. The Labute approximate surface area is 161 Å². The standard InChI is InChI=1S/C21H28N4O2/c1-3-18-9-6-7-13-25(18)21-23-14-17(15-24-21)20(26)22-12-11-16-8-4-5-10-19(16)27-2/h4-5,8,10,14-15,18H,3,6-7,9,11-13H2,1-2H3,(H,22,26). The van der Waals surface area contributed by atoms with E-state index in [2.05, 4.69) is 27.1 Å². The minimum absolute atomic E-state index is 0.151. The van der Waals surface area contributed by atoms with E-state index in [-0.39, 0.29) is 5.91 Å². The number of methoxy groups -OCH3 is 1. The summed E-state index contributed by atoms with van der Waals surface area (Å²) < 4.78 is 5.34. The number of anilines is 1. The summed E-state index contributed by atoms with van der Waals surface area (Å²) in [5.41, 5.74) is 1.56. The summed E-state index contributed by atoms with van der Waals surface area (Å²) in [6, 6.07) is 8.33. The molecule has 1 aliphatic heterocycles. The van der Waals surface area contributed by atoms with Gasteiger partial charge in [-0.3, -0.25) is 4.79 Å². The first kappa shape index (κ1) is 19.1. The lowest BCUT2D eigenvalue weighted by Gasteiger charge is -2.35. The third-order valence-corrected chi connectivity index (χ3v) is 5.13. The van der Waals surface area contributed by atoms with Crippen molar-refractivity contribution in [3.63, 3.8) is 0 Å². The zero-order chi connectivity index (χ0) is 19.1. The number of carbonyl (C=O) groups is 1. The minimum atomic E-state index is -0.151. The summed E-state index contributed by atoms with van der Waals surface area (Å²) in [4.78, 5) is 23.5. The molecule has 0 spiro atoms. The number of carbonyl (C=O) groups excluding carboxylic acids is 1. The van der Waals surface area contributed by atoms with Crippen molar-refractivity contribution < 1.29 is 9.53 Å². The first-order chi connectivity index (χ1) is 13.2. The van der Waals surface area contributed by atoms with Crippen LogP contribution in [0.15, 0.2) is 36.7 Å². The number of ether oxygens (including phenoxy) is 1. The van der Waals surface area contributed by atoms with Gasteiger partial charge >= 0.3 is 0 Å². The van der Waals surface area contributed by atoms with E-state index in [1.165, 1.54) is 19.3 Å². The lowest BCUT2D eigenvalue weighted by molar-refractivity contribution is 0.0953. The van der Waals surface area contributed by atoms with Gasteiger partial charge in [-0.25, -0.2) is 9.97 Å². The first-order valence-electron chi connectivity index (χ1n) is 9.71. The van der Waals surface area contributed by atoms with Crippen molar-refractivity contribution >= 4 is 11.9 Å². The lowest BCUT2D eigenvalue weighted by atomic mass is 10.0. The van der Waals surface area contributed by atoms with E-state index < -0.39 is 0 Å². The van der Waals surface area contributed by atoms with E-state index in [1.54, 1.807) is 19.5 Å². The van der Waals surface area contributed by atoms with Crippen LogP contribution >= 0.6 is 0 Å². The summed E-state index contributed by atoms with van der Waals surface area (Å²) in [6.45, 7) is 3.72. The van der Waals surface area contributed by atoms with Gasteiger partial charge in [0.2, 0.25) is 5.95 Å². The number of piperidine rings is 1. The fraction of sp³-hybridized carbons (Fsp3) is 0.476. The van der Waals surface area contributed by atoms with Gasteiger partial charge in [0.05, 0.1) is 12.7 Å². The van der Waals surface area contributed by atoms with Crippen LogP contribution in [0, 0.1) is 0 Å². The minimum Gasteiger partial charge on any atom is -0.496 e. The van der Waals surface area contributed by atoms with Crippen molar-refractivity contribution in [1.82, 2.24) is 15.3 Å². The largest absolute Gasteiger partial charge is 0.496 e. The molecule has 0 aliphatic carbocycles. The van der Waals surface area contributed by atoms with Gasteiger partial charge < -0.3 is 15.0 Å². The number of hydrogen-bond donors (Lipinski definition) is 1. The Kier molecular flexibility index (Phi) is 6.63. The number of benzene rings is 1. The molecule has 1 aromatic heterocycles. The number of aromatic nitrogens is 2. The van der Waals surface area contributed by atoms with Crippen LogP contribution in [0.25, 0.3) is 0 Å².